The summed E-state index contributed by atoms with van der Waals surface area (Å²) < 4.78 is 0. The quantitative estimate of drug-likeness (QED) is 0.381. The monoisotopic (exact) mass is 262 g/mol. The Morgan fingerprint density at radius 1 is 1.05 bits per heavy atom. The first kappa shape index (κ1) is 17.8. The second-order valence-electron chi connectivity index (χ2n) is 4.67. The van der Waals surface area contributed by atoms with Crippen molar-refractivity contribution in [3.8, 4) is 23.7 Å². The van der Waals surface area contributed by atoms with E-state index in [1.807, 2.05) is 0 Å². The van der Waals surface area contributed by atoms with Crippen molar-refractivity contribution >= 4 is 0 Å². The number of unbranched alkanes of at least 4 members (excludes halogenated alkanes) is 5. The van der Waals surface area contributed by atoms with Gasteiger partial charge in [-0.1, -0.05) is 69.9 Å². The molecule has 0 heterocycles. The van der Waals surface area contributed by atoms with E-state index in [1.165, 1.54) is 38.2 Å². The molecule has 19 heavy (non-hydrogen) atoms. The van der Waals surface area contributed by atoms with Crippen molar-refractivity contribution < 1.29 is 10.2 Å². The number of rotatable bonds is 9. The van der Waals surface area contributed by atoms with Gasteiger partial charge in [0.05, 0.1) is 6.10 Å². The van der Waals surface area contributed by atoms with E-state index in [0.29, 0.717) is 6.42 Å². The van der Waals surface area contributed by atoms with Crippen LogP contribution in [0.1, 0.15) is 58.3 Å². The van der Waals surface area contributed by atoms with E-state index in [0.717, 1.165) is 12.8 Å². The maximum atomic E-state index is 9.69. The van der Waals surface area contributed by atoms with Crippen LogP contribution in [0.25, 0.3) is 0 Å². The molecular formula is C17H26O2. The molecule has 0 rings (SSSR count). The van der Waals surface area contributed by atoms with Gasteiger partial charge in [-0.05, 0) is 18.3 Å². The molecule has 2 atom stereocenters. The first-order valence-corrected chi connectivity index (χ1v) is 7.17. The summed E-state index contributed by atoms with van der Waals surface area (Å²) in [6, 6.07) is 0. The van der Waals surface area contributed by atoms with E-state index in [1.54, 1.807) is 0 Å². The van der Waals surface area contributed by atoms with Crippen LogP contribution in [0.2, 0.25) is 0 Å². The van der Waals surface area contributed by atoms with Gasteiger partial charge < -0.3 is 10.2 Å². The molecule has 0 radical (unpaired) electrons. The molecule has 0 aromatic rings. The minimum atomic E-state index is -0.817. The lowest BCUT2D eigenvalue weighted by molar-refractivity contribution is 0.166. The van der Waals surface area contributed by atoms with Crippen molar-refractivity contribution in [1.82, 2.24) is 0 Å². The van der Waals surface area contributed by atoms with Crippen LogP contribution in [0, 0.1) is 23.7 Å². The average molecular weight is 262 g/mol. The minimum absolute atomic E-state index is 0.357. The third-order valence-corrected chi connectivity index (χ3v) is 2.82. The van der Waals surface area contributed by atoms with Gasteiger partial charge in [0.2, 0.25) is 0 Å². The molecule has 2 heteroatoms. The molecular weight excluding hydrogens is 236 g/mol. The molecule has 0 bridgehead atoms. The predicted octanol–water partition coefficient (Wildman–Crippen LogP) is 3.04. The maximum absolute atomic E-state index is 9.69. The Hall–Kier alpha value is -1.22. The molecule has 0 saturated carbocycles. The Kier molecular flexibility index (Phi) is 12.4. The molecule has 2 unspecified atom stereocenters. The SMILES string of the molecule is C=CC(O)C#CC#CCC(O)CCCCCCCC. The van der Waals surface area contributed by atoms with Gasteiger partial charge in [-0.2, -0.15) is 0 Å². The van der Waals surface area contributed by atoms with Crippen molar-refractivity contribution in [3.63, 3.8) is 0 Å². The largest absolute Gasteiger partial charge is 0.392 e. The van der Waals surface area contributed by atoms with E-state index in [4.69, 9.17) is 5.11 Å². The zero-order valence-corrected chi connectivity index (χ0v) is 12.0. The fourth-order valence-electron chi connectivity index (χ4n) is 1.64. The number of hydrogen-bond acceptors (Lipinski definition) is 2. The van der Waals surface area contributed by atoms with Crippen LogP contribution in [-0.4, -0.2) is 22.4 Å². The Labute approximate surface area is 117 Å². The lowest BCUT2D eigenvalue weighted by atomic mass is 10.1. The van der Waals surface area contributed by atoms with Gasteiger partial charge in [-0.15, -0.1) is 0 Å². The summed E-state index contributed by atoms with van der Waals surface area (Å²) in [6.07, 6.45) is 8.82. The third-order valence-electron chi connectivity index (χ3n) is 2.82. The summed E-state index contributed by atoms with van der Waals surface area (Å²) in [5.41, 5.74) is 0. The zero-order chi connectivity index (χ0) is 14.3. The standard InChI is InChI=1S/C17H26O2/c1-3-5-6-7-8-10-14-17(19)15-12-9-11-13-16(18)4-2/h4,16-19H,2-3,5-8,10,14-15H2,1H3. The highest BCUT2D eigenvalue weighted by Crippen LogP contribution is 2.09. The van der Waals surface area contributed by atoms with Crippen molar-refractivity contribution in [2.45, 2.75) is 70.5 Å². The Morgan fingerprint density at radius 2 is 1.74 bits per heavy atom. The normalized spacial score (nSPS) is 12.6. The Bertz CT molecular complexity index is 338. The van der Waals surface area contributed by atoms with E-state index in [2.05, 4.69) is 37.2 Å². The Balaban J connectivity index is 3.58. The molecule has 0 spiro atoms. The Morgan fingerprint density at radius 3 is 2.42 bits per heavy atom. The molecule has 0 fully saturated rings. The van der Waals surface area contributed by atoms with Gasteiger partial charge in [0.25, 0.3) is 0 Å². The molecule has 0 aliphatic heterocycles. The van der Waals surface area contributed by atoms with Crippen molar-refractivity contribution in [2.75, 3.05) is 0 Å². The predicted molar refractivity (Wildman–Crippen MR) is 80.4 cm³/mol. The van der Waals surface area contributed by atoms with Crippen LogP contribution >= 0.6 is 0 Å². The highest BCUT2D eigenvalue weighted by molar-refractivity contribution is 5.28. The average Bonchev–Trinajstić information content (AvgIpc) is 2.42. The molecule has 0 aromatic heterocycles. The number of aliphatic hydroxyl groups excluding tert-OH is 2. The van der Waals surface area contributed by atoms with Crippen molar-refractivity contribution in [3.05, 3.63) is 12.7 Å². The van der Waals surface area contributed by atoms with Crippen LogP contribution in [0.15, 0.2) is 12.7 Å². The van der Waals surface area contributed by atoms with Gasteiger partial charge >= 0.3 is 0 Å². The lowest BCUT2D eigenvalue weighted by Crippen LogP contribution is -2.04. The summed E-state index contributed by atoms with van der Waals surface area (Å²) in [4.78, 5) is 0. The van der Waals surface area contributed by atoms with Gasteiger partial charge in [0, 0.05) is 6.42 Å². The van der Waals surface area contributed by atoms with Crippen LogP contribution in [-0.2, 0) is 0 Å². The summed E-state index contributed by atoms with van der Waals surface area (Å²) in [7, 11) is 0. The highest BCUT2D eigenvalue weighted by Gasteiger charge is 2.00. The molecule has 0 aromatic carbocycles. The highest BCUT2D eigenvalue weighted by atomic mass is 16.3. The van der Waals surface area contributed by atoms with E-state index < -0.39 is 6.10 Å². The molecule has 0 aliphatic carbocycles. The molecule has 0 amide bonds. The summed E-state index contributed by atoms with van der Waals surface area (Å²) in [6.45, 7) is 5.62. The van der Waals surface area contributed by atoms with Crippen molar-refractivity contribution in [2.24, 2.45) is 0 Å². The fourth-order valence-corrected chi connectivity index (χ4v) is 1.64. The first-order chi connectivity index (χ1) is 9.20. The first-order valence-electron chi connectivity index (χ1n) is 7.17. The van der Waals surface area contributed by atoms with Crippen LogP contribution in [0.4, 0.5) is 0 Å². The molecule has 106 valence electrons. The lowest BCUT2D eigenvalue weighted by Gasteiger charge is -2.05. The van der Waals surface area contributed by atoms with Gasteiger partial charge in [-0.25, -0.2) is 0 Å². The van der Waals surface area contributed by atoms with Crippen LogP contribution < -0.4 is 0 Å². The molecule has 0 saturated heterocycles. The maximum Gasteiger partial charge on any atom is 0.134 e. The minimum Gasteiger partial charge on any atom is -0.392 e. The van der Waals surface area contributed by atoms with E-state index >= 15 is 0 Å². The van der Waals surface area contributed by atoms with E-state index in [-0.39, 0.29) is 6.10 Å². The molecule has 2 N–H and O–H groups in total. The molecule has 0 aliphatic rings. The van der Waals surface area contributed by atoms with Gasteiger partial charge in [-0.3, -0.25) is 0 Å². The van der Waals surface area contributed by atoms with Crippen LogP contribution in [0.5, 0.6) is 0 Å². The third kappa shape index (κ3) is 13.0. The van der Waals surface area contributed by atoms with Gasteiger partial charge in [0.1, 0.15) is 6.10 Å². The second kappa shape index (κ2) is 13.2. The smallest absolute Gasteiger partial charge is 0.134 e. The summed E-state index contributed by atoms with van der Waals surface area (Å²) >= 11 is 0. The summed E-state index contributed by atoms with van der Waals surface area (Å²) in [5, 5.41) is 18.8. The van der Waals surface area contributed by atoms with Gasteiger partial charge in [0.15, 0.2) is 0 Å². The molecule has 2 nitrogen and oxygen atoms in total. The second-order valence-corrected chi connectivity index (χ2v) is 4.67. The van der Waals surface area contributed by atoms with Crippen LogP contribution in [0.3, 0.4) is 0 Å². The number of hydrogen-bond donors (Lipinski definition) is 2. The van der Waals surface area contributed by atoms with Crippen molar-refractivity contribution in [1.29, 1.82) is 0 Å². The fraction of sp³-hybridized carbons (Fsp3) is 0.647. The topological polar surface area (TPSA) is 40.5 Å². The zero-order valence-electron chi connectivity index (χ0n) is 12.0. The van der Waals surface area contributed by atoms with E-state index in [9.17, 15) is 5.11 Å². The number of aliphatic hydroxyl groups is 2. The summed E-state index contributed by atoms with van der Waals surface area (Å²) in [5.74, 6) is 10.5.